The topological polar surface area (TPSA) is 93.0 Å². The van der Waals surface area contributed by atoms with E-state index in [4.69, 9.17) is 0 Å². The molecule has 8 nitrogen and oxygen atoms in total. The van der Waals surface area contributed by atoms with Gasteiger partial charge in [0.15, 0.2) is 0 Å². The van der Waals surface area contributed by atoms with Crippen LogP contribution in [0.5, 0.6) is 0 Å². The van der Waals surface area contributed by atoms with Gasteiger partial charge in [0.1, 0.15) is 6.33 Å². The SMILES string of the molecule is [CH2-]CN(C[CH-]C(=O)Nc1ccccc1C(F)(F)F)c1nc(-c2ccncn2)cc(=O)n1C.[U+2]. The molecule has 0 fully saturated rings. The van der Waals surface area contributed by atoms with Crippen LogP contribution >= 0.6 is 0 Å². The minimum absolute atomic E-state index is 0. The number of nitrogens with zero attached hydrogens (tertiary/aromatic N) is 5. The van der Waals surface area contributed by atoms with Crippen molar-refractivity contribution >= 4 is 17.5 Å². The van der Waals surface area contributed by atoms with Gasteiger partial charge >= 0.3 is 37.3 Å². The molecule has 1 aromatic carbocycles. The largest absolute Gasteiger partial charge is 2.00 e. The summed E-state index contributed by atoms with van der Waals surface area (Å²) >= 11 is 0. The number of carbonyl (C=O) groups excluding carboxylic acids is 1. The summed E-state index contributed by atoms with van der Waals surface area (Å²) in [5.74, 6) is -0.516. The molecule has 0 radical (unpaired) electrons. The van der Waals surface area contributed by atoms with Gasteiger partial charge < -0.3 is 21.9 Å². The maximum absolute atomic E-state index is 13.1. The second-order valence-corrected chi connectivity index (χ2v) is 6.62. The Balaban J connectivity index is 0.00000385. The summed E-state index contributed by atoms with van der Waals surface area (Å²) in [6.45, 7) is 3.88. The number of rotatable bonds is 7. The molecule has 170 valence electrons. The van der Waals surface area contributed by atoms with Crippen LogP contribution in [0.3, 0.4) is 0 Å². The van der Waals surface area contributed by atoms with Gasteiger partial charge in [0.2, 0.25) is 5.95 Å². The standard InChI is InChI=1S/C21H19F3N6O2.U/c1-3-30(11-9-18(31)27-15-7-5-4-6-14(15)21(22,23)24)20-28-17(12-19(32)29(20)2)16-8-10-25-13-26-16;/h4-10,12-13H,1,3,11H2,2H3,(H,27,31);/q-2;+2. The second kappa shape index (κ2) is 11.3. The monoisotopic (exact) mass is 682 g/mol. The average molecular weight is 682 g/mol. The molecule has 0 spiro atoms. The summed E-state index contributed by atoms with van der Waals surface area (Å²) in [7, 11) is 1.51. The van der Waals surface area contributed by atoms with Crippen LogP contribution in [0.2, 0.25) is 0 Å². The fourth-order valence-corrected chi connectivity index (χ4v) is 2.87. The third-order valence-electron chi connectivity index (χ3n) is 4.50. The number of hydrogen-bond acceptors (Lipinski definition) is 6. The zero-order chi connectivity index (χ0) is 23.3. The zero-order valence-electron chi connectivity index (χ0n) is 17.5. The maximum Gasteiger partial charge on any atom is 2.00 e. The van der Waals surface area contributed by atoms with Crippen molar-refractivity contribution in [1.82, 2.24) is 19.5 Å². The van der Waals surface area contributed by atoms with Crippen LogP contribution in [0.25, 0.3) is 11.4 Å². The summed E-state index contributed by atoms with van der Waals surface area (Å²) in [5, 5.41) is 2.24. The molecular weight excluding hydrogens is 663 g/mol. The van der Waals surface area contributed by atoms with Crippen molar-refractivity contribution in [2.75, 3.05) is 23.3 Å². The molecule has 1 amide bonds. The molecule has 0 atom stereocenters. The predicted octanol–water partition coefficient (Wildman–Crippen LogP) is 2.74. The maximum atomic E-state index is 13.1. The number of halogens is 3. The van der Waals surface area contributed by atoms with Gasteiger partial charge in [0, 0.05) is 19.3 Å². The van der Waals surface area contributed by atoms with E-state index in [-0.39, 0.29) is 61.4 Å². The van der Waals surface area contributed by atoms with Crippen molar-refractivity contribution in [2.24, 2.45) is 7.05 Å². The van der Waals surface area contributed by atoms with Gasteiger partial charge in [0.25, 0.3) is 5.56 Å². The van der Waals surface area contributed by atoms with Gasteiger partial charge in [-0.3, -0.25) is 15.8 Å². The van der Waals surface area contributed by atoms with Crippen molar-refractivity contribution in [3.05, 3.63) is 78.2 Å². The van der Waals surface area contributed by atoms with Crippen LogP contribution in [0.1, 0.15) is 5.56 Å². The Bertz CT molecular complexity index is 1150. The van der Waals surface area contributed by atoms with Crippen LogP contribution in [0.4, 0.5) is 24.8 Å². The van der Waals surface area contributed by atoms with Crippen LogP contribution in [0.15, 0.2) is 53.7 Å². The molecule has 0 aliphatic rings. The number of anilines is 2. The molecule has 0 unspecified atom stereocenters. The van der Waals surface area contributed by atoms with Crippen molar-refractivity contribution < 1.29 is 49.1 Å². The molecule has 1 N–H and O–H groups in total. The van der Waals surface area contributed by atoms with Gasteiger partial charge in [-0.2, -0.15) is 13.2 Å². The Morgan fingerprint density at radius 2 is 1.97 bits per heavy atom. The van der Waals surface area contributed by atoms with E-state index in [0.29, 0.717) is 11.4 Å². The summed E-state index contributed by atoms with van der Waals surface area (Å²) in [6.07, 6.45) is -0.615. The number of alkyl halides is 3. The number of benzene rings is 1. The number of para-hydroxylation sites is 1. The van der Waals surface area contributed by atoms with E-state index < -0.39 is 17.6 Å². The Labute approximate surface area is 211 Å². The van der Waals surface area contributed by atoms with E-state index in [1.165, 1.54) is 53.3 Å². The van der Waals surface area contributed by atoms with Crippen molar-refractivity contribution in [2.45, 2.75) is 6.18 Å². The van der Waals surface area contributed by atoms with E-state index in [1.54, 1.807) is 6.07 Å². The van der Waals surface area contributed by atoms with Crippen LogP contribution < -0.4 is 15.8 Å². The van der Waals surface area contributed by atoms with E-state index >= 15 is 0 Å². The third kappa shape index (κ3) is 6.58. The zero-order valence-corrected chi connectivity index (χ0v) is 21.7. The van der Waals surface area contributed by atoms with Crippen molar-refractivity contribution in [3.8, 4) is 11.4 Å². The fraction of sp³-hybridized carbons (Fsp3) is 0.190. The average Bonchev–Trinajstić information content (AvgIpc) is 2.77. The summed E-state index contributed by atoms with van der Waals surface area (Å²) in [6, 6.07) is 7.60. The predicted molar refractivity (Wildman–Crippen MR) is 112 cm³/mol. The molecule has 33 heavy (non-hydrogen) atoms. The minimum atomic E-state index is -4.60. The number of hydrogen-bond donors (Lipinski definition) is 1. The molecule has 2 heterocycles. The summed E-state index contributed by atoms with van der Waals surface area (Å²) in [5.41, 5.74) is -0.900. The third-order valence-corrected chi connectivity index (χ3v) is 4.50. The molecule has 0 aliphatic heterocycles. The molecule has 0 saturated carbocycles. The minimum Gasteiger partial charge on any atom is -0.399 e. The normalized spacial score (nSPS) is 10.8. The molecule has 0 saturated heterocycles. The first kappa shape index (κ1) is 26.4. The van der Waals surface area contributed by atoms with Crippen molar-refractivity contribution in [1.29, 1.82) is 0 Å². The van der Waals surface area contributed by atoms with Crippen molar-refractivity contribution in [3.63, 3.8) is 0 Å². The quantitative estimate of drug-likeness (QED) is 0.386. The summed E-state index contributed by atoms with van der Waals surface area (Å²) < 4.78 is 40.6. The Morgan fingerprint density at radius 3 is 2.61 bits per heavy atom. The number of amides is 1. The molecule has 0 aliphatic carbocycles. The summed E-state index contributed by atoms with van der Waals surface area (Å²) in [4.78, 5) is 38.6. The van der Waals surface area contributed by atoms with Gasteiger partial charge in [0.05, 0.1) is 28.5 Å². The molecular formula is C21H19F3N6O2U. The number of aromatic nitrogens is 4. The molecule has 12 heteroatoms. The van der Waals surface area contributed by atoms with E-state index in [9.17, 15) is 22.8 Å². The smallest absolute Gasteiger partial charge is 0.399 e. The molecule has 2 aromatic heterocycles. The first-order valence-electron chi connectivity index (χ1n) is 9.39. The molecule has 0 bridgehead atoms. The number of nitrogens with one attached hydrogen (secondary N) is 1. The molecule has 3 aromatic rings. The van der Waals surface area contributed by atoms with Crippen LogP contribution in [0, 0.1) is 44.5 Å². The van der Waals surface area contributed by atoms with E-state index in [2.05, 4.69) is 27.2 Å². The van der Waals surface area contributed by atoms with Gasteiger partial charge in [-0.1, -0.05) is 18.7 Å². The first-order chi connectivity index (χ1) is 15.2. The van der Waals surface area contributed by atoms with E-state index in [0.717, 1.165) is 12.5 Å². The van der Waals surface area contributed by atoms with Gasteiger partial charge in [-0.05, 0) is 18.2 Å². The Hall–Kier alpha value is -2.84. The van der Waals surface area contributed by atoms with Crippen LogP contribution in [-0.2, 0) is 18.0 Å². The van der Waals surface area contributed by atoms with Crippen LogP contribution in [-0.4, -0.2) is 38.5 Å². The Morgan fingerprint density at radius 1 is 1.24 bits per heavy atom. The number of carbonyl (C=O) groups is 1. The molecule has 3 rings (SSSR count). The van der Waals surface area contributed by atoms with Gasteiger partial charge in [-0.15, -0.1) is 6.54 Å². The fourth-order valence-electron chi connectivity index (χ4n) is 2.87. The van der Waals surface area contributed by atoms with E-state index in [1.807, 2.05) is 0 Å². The second-order valence-electron chi connectivity index (χ2n) is 6.62. The first-order valence-corrected chi connectivity index (χ1v) is 9.39. The van der Waals surface area contributed by atoms with Gasteiger partial charge in [-0.25, -0.2) is 15.0 Å². The Kier molecular flexibility index (Phi) is 9.08.